The molecular formula is C23H25N3O. The lowest BCUT2D eigenvalue weighted by molar-refractivity contribution is 0.128. The number of benzene rings is 1. The zero-order valence-electron chi connectivity index (χ0n) is 15.8. The lowest BCUT2D eigenvalue weighted by Crippen LogP contribution is -2.44. The van der Waals surface area contributed by atoms with Gasteiger partial charge in [-0.05, 0) is 56.8 Å². The first-order valence-electron chi connectivity index (χ1n) is 9.91. The van der Waals surface area contributed by atoms with E-state index >= 15 is 0 Å². The first kappa shape index (κ1) is 16.7. The summed E-state index contributed by atoms with van der Waals surface area (Å²) in [6.07, 6.45) is 6.78. The Kier molecular flexibility index (Phi) is 4.09. The maximum Gasteiger partial charge on any atom is 0.159 e. The van der Waals surface area contributed by atoms with E-state index in [1.54, 1.807) is 0 Å². The van der Waals surface area contributed by atoms with Crippen molar-refractivity contribution in [2.75, 3.05) is 13.1 Å². The molecule has 1 fully saturated rings. The molecule has 0 bridgehead atoms. The molecule has 0 N–H and O–H groups in total. The van der Waals surface area contributed by atoms with Crippen molar-refractivity contribution in [2.24, 2.45) is 0 Å². The van der Waals surface area contributed by atoms with Gasteiger partial charge in [-0.25, -0.2) is 9.97 Å². The predicted molar refractivity (Wildman–Crippen MR) is 105 cm³/mol. The molecule has 1 aliphatic heterocycles. The fraction of sp³-hybridized carbons (Fsp3) is 0.391. The molecule has 5 rings (SSSR count). The van der Waals surface area contributed by atoms with Crippen LogP contribution >= 0.6 is 0 Å². The quantitative estimate of drug-likeness (QED) is 0.689. The first-order valence-corrected chi connectivity index (χ1v) is 9.91. The Morgan fingerprint density at radius 1 is 1.11 bits per heavy atom. The molecule has 27 heavy (non-hydrogen) atoms. The molecule has 1 unspecified atom stereocenters. The molecule has 1 aromatic carbocycles. The number of hydrogen-bond donors (Lipinski definition) is 0. The summed E-state index contributed by atoms with van der Waals surface area (Å²) < 4.78 is 5.82. The average molecular weight is 359 g/mol. The van der Waals surface area contributed by atoms with Crippen LogP contribution in [-0.2, 0) is 18.4 Å². The van der Waals surface area contributed by atoms with E-state index in [0.29, 0.717) is 0 Å². The van der Waals surface area contributed by atoms with Gasteiger partial charge in [0.25, 0.3) is 0 Å². The Bertz CT molecular complexity index is 945. The van der Waals surface area contributed by atoms with E-state index in [2.05, 4.69) is 52.5 Å². The Morgan fingerprint density at radius 3 is 2.81 bits per heavy atom. The normalized spacial score (nSPS) is 22.3. The van der Waals surface area contributed by atoms with Crippen LogP contribution in [0.2, 0.25) is 0 Å². The second-order valence-corrected chi connectivity index (χ2v) is 8.04. The summed E-state index contributed by atoms with van der Waals surface area (Å²) >= 11 is 0. The number of hydrogen-bond acceptors (Lipinski definition) is 4. The van der Waals surface area contributed by atoms with Crippen molar-refractivity contribution in [3.63, 3.8) is 0 Å². The van der Waals surface area contributed by atoms with Crippen LogP contribution in [0.4, 0.5) is 0 Å². The van der Waals surface area contributed by atoms with Gasteiger partial charge >= 0.3 is 0 Å². The maximum atomic E-state index is 5.82. The topological polar surface area (TPSA) is 42.2 Å². The summed E-state index contributed by atoms with van der Waals surface area (Å²) in [6, 6.07) is 14.5. The summed E-state index contributed by atoms with van der Waals surface area (Å²) in [7, 11) is 0. The SMILES string of the molecule is Cc1ccc(CN2CCCC3(CCc4cnc(-c5ccccc5)nc43)C2)o1. The van der Waals surface area contributed by atoms with E-state index < -0.39 is 0 Å². The number of likely N-dealkylation sites (tertiary alicyclic amines) is 1. The van der Waals surface area contributed by atoms with Crippen LogP contribution in [0.15, 0.2) is 53.1 Å². The molecule has 3 aromatic rings. The molecule has 138 valence electrons. The summed E-state index contributed by atoms with van der Waals surface area (Å²) in [4.78, 5) is 12.3. The van der Waals surface area contributed by atoms with Crippen molar-refractivity contribution >= 4 is 0 Å². The number of nitrogens with zero attached hydrogens (tertiary/aromatic N) is 3. The Balaban J connectivity index is 1.44. The van der Waals surface area contributed by atoms with Crippen molar-refractivity contribution in [2.45, 2.75) is 44.6 Å². The minimum absolute atomic E-state index is 0.168. The summed E-state index contributed by atoms with van der Waals surface area (Å²) in [5.41, 5.74) is 3.89. The third kappa shape index (κ3) is 3.08. The lowest BCUT2D eigenvalue weighted by Gasteiger charge is -2.40. The van der Waals surface area contributed by atoms with Gasteiger partial charge in [0.15, 0.2) is 5.82 Å². The third-order valence-electron chi connectivity index (χ3n) is 6.10. The van der Waals surface area contributed by atoms with Crippen LogP contribution in [-0.4, -0.2) is 28.0 Å². The minimum Gasteiger partial charge on any atom is -0.465 e. The van der Waals surface area contributed by atoms with Crippen molar-refractivity contribution in [3.05, 3.63) is 71.4 Å². The molecule has 1 spiro atoms. The Hall–Kier alpha value is -2.46. The minimum atomic E-state index is 0.168. The van der Waals surface area contributed by atoms with Crippen molar-refractivity contribution in [3.8, 4) is 11.4 Å². The summed E-state index contributed by atoms with van der Waals surface area (Å²) in [6.45, 7) is 5.09. The number of aromatic nitrogens is 2. The van der Waals surface area contributed by atoms with E-state index in [1.165, 1.54) is 30.5 Å². The highest BCUT2D eigenvalue weighted by Gasteiger charge is 2.43. The van der Waals surface area contributed by atoms with Crippen molar-refractivity contribution < 1.29 is 4.42 Å². The second-order valence-electron chi connectivity index (χ2n) is 8.04. The molecule has 1 saturated heterocycles. The van der Waals surface area contributed by atoms with Gasteiger partial charge < -0.3 is 4.42 Å². The largest absolute Gasteiger partial charge is 0.465 e. The van der Waals surface area contributed by atoms with Crippen LogP contribution in [0.25, 0.3) is 11.4 Å². The molecule has 0 saturated carbocycles. The lowest BCUT2D eigenvalue weighted by atomic mass is 9.77. The van der Waals surface area contributed by atoms with Gasteiger partial charge in [0.1, 0.15) is 11.5 Å². The highest BCUT2D eigenvalue weighted by atomic mass is 16.3. The van der Waals surface area contributed by atoms with E-state index in [0.717, 1.165) is 49.0 Å². The number of fused-ring (bicyclic) bond motifs is 2. The molecule has 2 aromatic heterocycles. The van der Waals surface area contributed by atoms with Gasteiger partial charge in [-0.3, -0.25) is 4.90 Å². The average Bonchev–Trinajstić information content (AvgIpc) is 3.26. The molecule has 4 nitrogen and oxygen atoms in total. The summed E-state index contributed by atoms with van der Waals surface area (Å²) in [5.74, 6) is 2.91. The van der Waals surface area contributed by atoms with Crippen molar-refractivity contribution in [1.29, 1.82) is 0 Å². The van der Waals surface area contributed by atoms with Gasteiger partial charge in [0.05, 0.1) is 12.2 Å². The zero-order valence-corrected chi connectivity index (χ0v) is 15.8. The van der Waals surface area contributed by atoms with E-state index in [4.69, 9.17) is 9.40 Å². The van der Waals surface area contributed by atoms with Crippen LogP contribution in [0.3, 0.4) is 0 Å². The second kappa shape index (κ2) is 6.61. The van der Waals surface area contributed by atoms with Crippen LogP contribution in [0.1, 0.15) is 42.0 Å². The molecule has 2 aliphatic rings. The molecule has 0 radical (unpaired) electrons. The predicted octanol–water partition coefficient (Wildman–Crippen LogP) is 4.53. The molecular weight excluding hydrogens is 334 g/mol. The number of aryl methyl sites for hydroxylation is 2. The number of rotatable bonds is 3. The Labute approximate surface area is 160 Å². The van der Waals surface area contributed by atoms with E-state index in [9.17, 15) is 0 Å². The van der Waals surface area contributed by atoms with Gasteiger partial charge in [-0.2, -0.15) is 0 Å². The smallest absolute Gasteiger partial charge is 0.159 e. The fourth-order valence-corrected chi connectivity index (χ4v) is 4.82. The molecule has 4 heteroatoms. The van der Waals surface area contributed by atoms with Crippen LogP contribution < -0.4 is 0 Å². The first-order chi connectivity index (χ1) is 13.2. The molecule has 1 atom stereocenters. The third-order valence-corrected chi connectivity index (χ3v) is 6.10. The monoisotopic (exact) mass is 359 g/mol. The highest BCUT2D eigenvalue weighted by molar-refractivity contribution is 5.55. The maximum absolute atomic E-state index is 5.82. The Morgan fingerprint density at radius 2 is 2.00 bits per heavy atom. The number of piperidine rings is 1. The van der Waals surface area contributed by atoms with Crippen LogP contribution in [0, 0.1) is 6.92 Å². The number of furan rings is 1. The zero-order chi connectivity index (χ0) is 18.3. The van der Waals surface area contributed by atoms with E-state index in [1.807, 2.05) is 13.0 Å². The van der Waals surface area contributed by atoms with Crippen molar-refractivity contribution in [1.82, 2.24) is 14.9 Å². The molecule has 0 amide bonds. The van der Waals surface area contributed by atoms with E-state index in [-0.39, 0.29) is 5.41 Å². The highest BCUT2D eigenvalue weighted by Crippen LogP contribution is 2.44. The van der Waals surface area contributed by atoms with Crippen LogP contribution in [0.5, 0.6) is 0 Å². The summed E-state index contributed by atoms with van der Waals surface area (Å²) in [5, 5.41) is 0. The van der Waals surface area contributed by atoms with Gasteiger partial charge in [0, 0.05) is 23.7 Å². The standard InChI is InChI=1S/C23H25N3O/c1-17-8-9-20(27-17)15-26-13-5-11-23(16-26)12-10-19-14-24-22(25-21(19)23)18-6-3-2-4-7-18/h2-4,6-9,14H,5,10-13,15-16H2,1H3. The van der Waals surface area contributed by atoms with Gasteiger partial charge in [-0.1, -0.05) is 30.3 Å². The fourth-order valence-electron chi connectivity index (χ4n) is 4.82. The van der Waals surface area contributed by atoms with Gasteiger partial charge in [0.2, 0.25) is 0 Å². The molecule has 1 aliphatic carbocycles. The molecule has 3 heterocycles. The van der Waals surface area contributed by atoms with Gasteiger partial charge in [-0.15, -0.1) is 0 Å².